The highest BCUT2D eigenvalue weighted by Gasteiger charge is 2.09. The first-order chi connectivity index (χ1) is 15.7. The van der Waals surface area contributed by atoms with E-state index in [-0.39, 0.29) is 6.42 Å². The second-order valence-corrected chi connectivity index (χ2v) is 7.71. The number of aryl methyl sites for hydroxylation is 1. The van der Waals surface area contributed by atoms with Gasteiger partial charge in [0.15, 0.2) is 0 Å². The van der Waals surface area contributed by atoms with E-state index in [9.17, 15) is 4.79 Å². The Morgan fingerprint density at radius 3 is 2.41 bits per heavy atom. The van der Waals surface area contributed by atoms with E-state index in [4.69, 9.17) is 14.6 Å². The van der Waals surface area contributed by atoms with E-state index < -0.39 is 5.97 Å². The molecule has 5 nitrogen and oxygen atoms in total. The number of carbonyl (C=O) groups is 1. The highest BCUT2D eigenvalue weighted by Crippen LogP contribution is 2.31. The summed E-state index contributed by atoms with van der Waals surface area (Å²) >= 11 is 0. The molecule has 2 N–H and O–H groups in total. The molecule has 0 atom stereocenters. The average molecular weight is 430 g/mol. The number of rotatable bonds is 11. The number of aromatic amines is 1. The van der Waals surface area contributed by atoms with Crippen LogP contribution in [0.2, 0.25) is 0 Å². The van der Waals surface area contributed by atoms with Crippen LogP contribution >= 0.6 is 0 Å². The molecule has 0 aliphatic carbocycles. The first kappa shape index (κ1) is 21.5. The van der Waals surface area contributed by atoms with E-state index in [1.54, 1.807) is 0 Å². The van der Waals surface area contributed by atoms with Crippen LogP contribution in [0.25, 0.3) is 22.2 Å². The molecule has 0 aliphatic rings. The summed E-state index contributed by atoms with van der Waals surface area (Å²) in [5.41, 5.74) is 4.42. The predicted octanol–water partition coefficient (Wildman–Crippen LogP) is 6.09. The van der Waals surface area contributed by atoms with Crippen LogP contribution < -0.4 is 9.47 Å². The van der Waals surface area contributed by atoms with Gasteiger partial charge in [0, 0.05) is 23.0 Å². The van der Waals surface area contributed by atoms with Gasteiger partial charge in [-0.05, 0) is 72.9 Å². The number of fused-ring (bicyclic) bond motifs is 1. The van der Waals surface area contributed by atoms with Crippen molar-refractivity contribution in [1.29, 1.82) is 0 Å². The Labute approximate surface area is 187 Å². The van der Waals surface area contributed by atoms with Gasteiger partial charge in [0.05, 0.1) is 13.2 Å². The van der Waals surface area contributed by atoms with Gasteiger partial charge in [0.1, 0.15) is 11.5 Å². The van der Waals surface area contributed by atoms with Crippen LogP contribution in [0.4, 0.5) is 0 Å². The van der Waals surface area contributed by atoms with E-state index in [0.717, 1.165) is 46.5 Å². The molecule has 0 aliphatic heterocycles. The summed E-state index contributed by atoms with van der Waals surface area (Å²) in [4.78, 5) is 14.0. The molecule has 0 radical (unpaired) electrons. The number of carboxylic acid groups (broad SMARTS) is 1. The summed E-state index contributed by atoms with van der Waals surface area (Å²) in [6, 6.07) is 26.4. The van der Waals surface area contributed by atoms with Crippen molar-refractivity contribution in [2.75, 3.05) is 13.2 Å². The first-order valence-corrected chi connectivity index (χ1v) is 10.9. The van der Waals surface area contributed by atoms with Crippen LogP contribution in [0.1, 0.15) is 24.8 Å². The zero-order chi connectivity index (χ0) is 22.2. The lowest BCUT2D eigenvalue weighted by Crippen LogP contribution is -2.01. The summed E-state index contributed by atoms with van der Waals surface area (Å²) < 4.78 is 11.7. The maximum atomic E-state index is 10.6. The summed E-state index contributed by atoms with van der Waals surface area (Å²) in [5, 5.41) is 9.76. The molecule has 0 spiro atoms. The molecule has 0 unspecified atom stereocenters. The molecule has 0 fully saturated rings. The molecule has 5 heteroatoms. The normalized spacial score (nSPS) is 10.9. The molecule has 0 saturated heterocycles. The Morgan fingerprint density at radius 2 is 1.62 bits per heavy atom. The monoisotopic (exact) mass is 429 g/mol. The number of hydrogen-bond donors (Lipinski definition) is 2. The lowest BCUT2D eigenvalue weighted by Gasteiger charge is -2.07. The van der Waals surface area contributed by atoms with Crippen LogP contribution in [0.15, 0.2) is 78.9 Å². The van der Waals surface area contributed by atoms with Crippen LogP contribution in [0, 0.1) is 0 Å². The molecule has 0 saturated carbocycles. The van der Waals surface area contributed by atoms with E-state index in [2.05, 4.69) is 41.4 Å². The largest absolute Gasteiger partial charge is 0.494 e. The third-order valence-electron chi connectivity index (χ3n) is 5.30. The minimum Gasteiger partial charge on any atom is -0.494 e. The van der Waals surface area contributed by atoms with E-state index >= 15 is 0 Å². The van der Waals surface area contributed by atoms with Gasteiger partial charge in [0.25, 0.3) is 0 Å². The minimum atomic E-state index is -0.803. The molecule has 32 heavy (non-hydrogen) atoms. The molecule has 1 aromatic heterocycles. The SMILES string of the molecule is O=C(O)CCCOc1ccc(-c2cc3c(OCCCc4ccccc4)cccc3[nH]2)cc1. The second kappa shape index (κ2) is 10.5. The van der Waals surface area contributed by atoms with Crippen molar-refractivity contribution in [2.24, 2.45) is 0 Å². The van der Waals surface area contributed by atoms with Gasteiger partial charge < -0.3 is 19.6 Å². The number of benzene rings is 3. The topological polar surface area (TPSA) is 71.6 Å². The van der Waals surface area contributed by atoms with Gasteiger partial charge in [-0.1, -0.05) is 36.4 Å². The maximum absolute atomic E-state index is 10.6. The van der Waals surface area contributed by atoms with Crippen molar-refractivity contribution >= 4 is 16.9 Å². The number of carboxylic acids is 1. The molecule has 0 bridgehead atoms. The number of nitrogens with one attached hydrogen (secondary N) is 1. The second-order valence-electron chi connectivity index (χ2n) is 7.71. The predicted molar refractivity (Wildman–Crippen MR) is 126 cm³/mol. The van der Waals surface area contributed by atoms with Crippen molar-refractivity contribution in [2.45, 2.75) is 25.7 Å². The molecule has 4 rings (SSSR count). The quantitative estimate of drug-likeness (QED) is 0.283. The van der Waals surface area contributed by atoms with Gasteiger partial charge in [-0.15, -0.1) is 0 Å². The molecular formula is C27H27NO4. The lowest BCUT2D eigenvalue weighted by molar-refractivity contribution is -0.137. The van der Waals surface area contributed by atoms with Crippen LogP contribution in [-0.2, 0) is 11.2 Å². The Hall–Kier alpha value is -3.73. The van der Waals surface area contributed by atoms with Gasteiger partial charge in [-0.25, -0.2) is 0 Å². The molecular weight excluding hydrogens is 402 g/mol. The number of aliphatic carboxylic acids is 1. The Kier molecular flexibility index (Phi) is 7.08. The number of H-pyrrole nitrogens is 1. The summed E-state index contributed by atoms with van der Waals surface area (Å²) in [6.45, 7) is 1.06. The smallest absolute Gasteiger partial charge is 0.303 e. The fraction of sp³-hybridized carbons (Fsp3) is 0.222. The third kappa shape index (κ3) is 5.70. The molecule has 3 aromatic carbocycles. The Bertz CT molecular complexity index is 1150. The van der Waals surface area contributed by atoms with Gasteiger partial charge in [-0.2, -0.15) is 0 Å². The maximum Gasteiger partial charge on any atom is 0.303 e. The van der Waals surface area contributed by atoms with Crippen molar-refractivity contribution in [3.63, 3.8) is 0 Å². The van der Waals surface area contributed by atoms with Crippen LogP contribution in [-0.4, -0.2) is 29.3 Å². The standard InChI is InChI=1S/C27H27NO4/c29-27(30)12-6-17-31-22-15-13-21(14-16-22)25-19-23-24(28-25)10-4-11-26(23)32-18-5-9-20-7-2-1-3-8-20/h1-4,7-8,10-11,13-16,19,28H,5-6,9,12,17-18H2,(H,29,30). The summed E-state index contributed by atoms with van der Waals surface area (Å²) in [7, 11) is 0. The fourth-order valence-corrected chi connectivity index (χ4v) is 3.66. The molecule has 164 valence electrons. The fourth-order valence-electron chi connectivity index (χ4n) is 3.66. The van der Waals surface area contributed by atoms with Crippen LogP contribution in [0.3, 0.4) is 0 Å². The Morgan fingerprint density at radius 1 is 0.844 bits per heavy atom. The minimum absolute atomic E-state index is 0.115. The summed E-state index contributed by atoms with van der Waals surface area (Å²) in [6.07, 6.45) is 2.57. The van der Waals surface area contributed by atoms with Crippen molar-refractivity contribution in [1.82, 2.24) is 4.98 Å². The third-order valence-corrected chi connectivity index (χ3v) is 5.30. The average Bonchev–Trinajstić information content (AvgIpc) is 3.26. The highest BCUT2D eigenvalue weighted by atomic mass is 16.5. The first-order valence-electron chi connectivity index (χ1n) is 10.9. The zero-order valence-corrected chi connectivity index (χ0v) is 17.9. The van der Waals surface area contributed by atoms with E-state index in [0.29, 0.717) is 19.6 Å². The lowest BCUT2D eigenvalue weighted by atomic mass is 10.1. The van der Waals surface area contributed by atoms with Crippen molar-refractivity contribution in [3.8, 4) is 22.8 Å². The molecule has 0 amide bonds. The zero-order valence-electron chi connectivity index (χ0n) is 17.9. The van der Waals surface area contributed by atoms with Gasteiger partial charge in [-0.3, -0.25) is 4.79 Å². The van der Waals surface area contributed by atoms with Gasteiger partial charge in [0.2, 0.25) is 0 Å². The van der Waals surface area contributed by atoms with Gasteiger partial charge >= 0.3 is 5.97 Å². The van der Waals surface area contributed by atoms with Crippen molar-refractivity contribution < 1.29 is 19.4 Å². The van der Waals surface area contributed by atoms with E-state index in [1.807, 2.05) is 42.5 Å². The molecule has 1 heterocycles. The number of aromatic nitrogens is 1. The van der Waals surface area contributed by atoms with E-state index in [1.165, 1.54) is 5.56 Å². The van der Waals surface area contributed by atoms with Crippen LogP contribution in [0.5, 0.6) is 11.5 Å². The highest BCUT2D eigenvalue weighted by molar-refractivity contribution is 5.90. The number of ether oxygens (including phenoxy) is 2. The number of hydrogen-bond acceptors (Lipinski definition) is 3. The summed E-state index contributed by atoms with van der Waals surface area (Å²) in [5.74, 6) is 0.816. The molecule has 4 aromatic rings. The van der Waals surface area contributed by atoms with Crippen molar-refractivity contribution in [3.05, 3.63) is 84.4 Å². The Balaban J connectivity index is 1.37.